The zero-order valence-corrected chi connectivity index (χ0v) is 25.3. The van der Waals surface area contributed by atoms with E-state index in [9.17, 15) is 23.1 Å². The Labute approximate surface area is 263 Å². The maximum Gasteiger partial charge on any atom is 0.416 e. The van der Waals surface area contributed by atoms with Crippen LogP contribution in [0.25, 0.3) is 33.3 Å². The maximum absolute atomic E-state index is 13.9. The summed E-state index contributed by atoms with van der Waals surface area (Å²) in [6.45, 7) is 5.31. The number of aromatic hydroxyl groups is 1. The lowest BCUT2D eigenvalue weighted by Gasteiger charge is -2.32. The number of likely N-dealkylation sites (N-methyl/N-ethyl adjacent to an activating group) is 1. The number of nitrogens with two attached hydrogens (primary N) is 1. The average Bonchev–Trinajstić information content (AvgIpc) is 3.02. The number of halogens is 3. The van der Waals surface area contributed by atoms with Crippen molar-refractivity contribution in [3.05, 3.63) is 95.3 Å². The van der Waals surface area contributed by atoms with Gasteiger partial charge < -0.3 is 21.1 Å². The van der Waals surface area contributed by atoms with Crippen LogP contribution in [-0.2, 0) is 12.7 Å². The maximum atomic E-state index is 13.9. The molecule has 236 valence electrons. The Morgan fingerprint density at radius 2 is 1.78 bits per heavy atom. The molecule has 2 aromatic heterocycles. The molecule has 1 aliphatic heterocycles. The molecule has 9 nitrogen and oxygen atoms in total. The number of aryl methyl sites for hydroxylation is 1. The number of nitrogen functional groups attached to an aromatic ring is 1. The molecule has 0 unspecified atom stereocenters. The van der Waals surface area contributed by atoms with Crippen LogP contribution in [0.2, 0.25) is 0 Å². The number of fused-ring (bicyclic) bond motifs is 1. The third kappa shape index (κ3) is 6.49. The number of piperazine rings is 1. The van der Waals surface area contributed by atoms with Crippen molar-refractivity contribution in [3.63, 3.8) is 0 Å². The Bertz CT molecular complexity index is 1920. The minimum atomic E-state index is -4.58. The van der Waals surface area contributed by atoms with E-state index in [4.69, 9.17) is 5.73 Å². The first kappa shape index (κ1) is 30.9. The van der Waals surface area contributed by atoms with E-state index in [-0.39, 0.29) is 22.9 Å². The number of nitrogens with one attached hydrogen (secondary N) is 1. The smallest absolute Gasteiger partial charge is 0.416 e. The van der Waals surface area contributed by atoms with Crippen molar-refractivity contribution in [2.75, 3.05) is 44.3 Å². The van der Waals surface area contributed by atoms with E-state index in [0.29, 0.717) is 45.4 Å². The van der Waals surface area contributed by atoms with E-state index in [0.717, 1.165) is 43.9 Å². The van der Waals surface area contributed by atoms with Crippen molar-refractivity contribution in [3.8, 4) is 28.1 Å². The number of phenols is 1. The Kier molecular flexibility index (Phi) is 8.32. The van der Waals surface area contributed by atoms with Crippen molar-refractivity contribution in [2.45, 2.75) is 19.6 Å². The minimum absolute atomic E-state index is 0.0352. The molecule has 0 radical (unpaired) electrons. The molecule has 1 amide bonds. The molecule has 1 saturated heterocycles. The number of nitrogens with zero attached hydrogens (tertiary/aromatic N) is 5. The zero-order valence-electron chi connectivity index (χ0n) is 25.3. The molecule has 1 fully saturated rings. The molecule has 5 aromatic rings. The van der Waals surface area contributed by atoms with Gasteiger partial charge in [0.25, 0.3) is 5.91 Å². The molecule has 46 heavy (non-hydrogen) atoms. The lowest BCUT2D eigenvalue weighted by atomic mass is 9.92. The van der Waals surface area contributed by atoms with Gasteiger partial charge in [0.1, 0.15) is 5.75 Å². The van der Waals surface area contributed by atoms with Crippen LogP contribution >= 0.6 is 0 Å². The predicted octanol–water partition coefficient (Wildman–Crippen LogP) is 5.97. The first-order valence-corrected chi connectivity index (χ1v) is 14.7. The molecule has 0 aliphatic carbocycles. The molecule has 0 bridgehead atoms. The van der Waals surface area contributed by atoms with Gasteiger partial charge in [0, 0.05) is 67.3 Å². The number of amides is 1. The van der Waals surface area contributed by atoms with Gasteiger partial charge in [-0.3, -0.25) is 14.7 Å². The Balaban J connectivity index is 1.36. The molecule has 1 aliphatic rings. The normalized spacial score (nSPS) is 14.5. The SMILES string of the molecule is Cc1ccc(C(=O)Nc2cc(CN3CCN(C)CC3)cc(C(F)(F)F)c2)cc1-c1cc2cnc(N)nc2c(-c2ccccn2)c1O. The quantitative estimate of drug-likeness (QED) is 0.211. The van der Waals surface area contributed by atoms with Crippen molar-refractivity contribution in [2.24, 2.45) is 0 Å². The van der Waals surface area contributed by atoms with Crippen molar-refractivity contribution < 1.29 is 23.1 Å². The molecule has 3 heterocycles. The monoisotopic (exact) mass is 627 g/mol. The second-order valence-corrected chi connectivity index (χ2v) is 11.5. The number of hydrogen-bond donors (Lipinski definition) is 3. The number of benzene rings is 3. The summed E-state index contributed by atoms with van der Waals surface area (Å²) in [4.78, 5) is 30.6. The average molecular weight is 628 g/mol. The van der Waals surface area contributed by atoms with Crippen molar-refractivity contribution in [1.82, 2.24) is 24.8 Å². The van der Waals surface area contributed by atoms with E-state index in [2.05, 4.69) is 30.1 Å². The highest BCUT2D eigenvalue weighted by molar-refractivity contribution is 6.06. The molecule has 6 rings (SSSR count). The summed E-state index contributed by atoms with van der Waals surface area (Å²) in [5.41, 5.74) is 8.69. The van der Waals surface area contributed by atoms with Gasteiger partial charge in [0.15, 0.2) is 0 Å². The number of anilines is 2. The predicted molar refractivity (Wildman–Crippen MR) is 171 cm³/mol. The number of aromatic nitrogens is 3. The van der Waals surface area contributed by atoms with Crippen LogP contribution in [0.3, 0.4) is 0 Å². The third-order valence-electron chi connectivity index (χ3n) is 8.16. The van der Waals surface area contributed by atoms with Crippen molar-refractivity contribution in [1.29, 1.82) is 0 Å². The molecule has 0 atom stereocenters. The number of pyridine rings is 1. The second-order valence-electron chi connectivity index (χ2n) is 11.5. The highest BCUT2D eigenvalue weighted by Gasteiger charge is 2.32. The number of hydrogen-bond acceptors (Lipinski definition) is 8. The van der Waals surface area contributed by atoms with Gasteiger partial charge in [-0.25, -0.2) is 9.97 Å². The largest absolute Gasteiger partial charge is 0.507 e. The van der Waals surface area contributed by atoms with Gasteiger partial charge >= 0.3 is 6.18 Å². The molecule has 4 N–H and O–H groups in total. The summed E-state index contributed by atoms with van der Waals surface area (Å²) in [6.07, 6.45) is -1.44. The van der Waals surface area contributed by atoms with E-state index in [1.807, 2.05) is 14.0 Å². The van der Waals surface area contributed by atoms with Gasteiger partial charge in [0.05, 0.1) is 22.3 Å². The molecule has 3 aromatic carbocycles. The van der Waals surface area contributed by atoms with Crippen LogP contribution in [-0.4, -0.2) is 69.0 Å². The highest BCUT2D eigenvalue weighted by Crippen LogP contribution is 2.43. The zero-order chi connectivity index (χ0) is 32.6. The fourth-order valence-corrected chi connectivity index (χ4v) is 5.68. The van der Waals surface area contributed by atoms with Crippen molar-refractivity contribution >= 4 is 28.4 Å². The molecular weight excluding hydrogens is 595 g/mol. The molecule has 0 saturated carbocycles. The topological polar surface area (TPSA) is 121 Å². The van der Waals surface area contributed by atoms with Gasteiger partial charge in [-0.15, -0.1) is 0 Å². The Hall–Kier alpha value is -5.07. The fourth-order valence-electron chi connectivity index (χ4n) is 5.68. The van der Waals surface area contributed by atoms with Crippen LogP contribution in [0, 0.1) is 6.92 Å². The lowest BCUT2D eigenvalue weighted by molar-refractivity contribution is -0.137. The standard InChI is InChI=1S/C34H32F3N7O2/c1-20-6-7-22(32(46)41-25-14-21(13-24(17-25)34(35,36)37)19-44-11-9-43(2)10-12-44)15-26(20)27-16-23-18-40-33(38)42-30(23)29(31(27)45)28-5-3-4-8-39-28/h3-8,13-18,45H,9-12,19H2,1-2H3,(H,41,46)(H2,38,40,42). The summed E-state index contributed by atoms with van der Waals surface area (Å²) in [5.74, 6) is -0.670. The molecular formula is C34H32F3N7O2. The van der Waals surface area contributed by atoms with E-state index in [1.54, 1.807) is 60.9 Å². The van der Waals surface area contributed by atoms with Gasteiger partial charge in [0.2, 0.25) is 5.95 Å². The number of carbonyl (C=O) groups is 1. The summed E-state index contributed by atoms with van der Waals surface area (Å²) in [5, 5.41) is 14.9. The Morgan fingerprint density at radius 1 is 1.00 bits per heavy atom. The number of carbonyl (C=O) groups excluding carboxylic acids is 1. The highest BCUT2D eigenvalue weighted by atomic mass is 19.4. The van der Waals surface area contributed by atoms with Gasteiger partial charge in [-0.2, -0.15) is 13.2 Å². The number of alkyl halides is 3. The van der Waals surface area contributed by atoms with Gasteiger partial charge in [-0.05, 0) is 79.2 Å². The Morgan fingerprint density at radius 3 is 2.50 bits per heavy atom. The summed E-state index contributed by atoms with van der Waals surface area (Å²) < 4.78 is 41.6. The van der Waals surface area contributed by atoms with E-state index < -0.39 is 17.6 Å². The first-order chi connectivity index (χ1) is 22.0. The summed E-state index contributed by atoms with van der Waals surface area (Å²) in [6, 6.07) is 15.6. The first-order valence-electron chi connectivity index (χ1n) is 14.7. The van der Waals surface area contributed by atoms with Crippen LogP contribution in [0.1, 0.15) is 27.0 Å². The van der Waals surface area contributed by atoms with Crippen LogP contribution in [0.5, 0.6) is 5.75 Å². The second kappa shape index (κ2) is 12.4. The van der Waals surface area contributed by atoms with Crippen LogP contribution in [0.4, 0.5) is 24.8 Å². The van der Waals surface area contributed by atoms with Crippen LogP contribution in [0.15, 0.2) is 73.1 Å². The molecule has 12 heteroatoms. The lowest BCUT2D eigenvalue weighted by Crippen LogP contribution is -2.43. The molecule has 0 spiro atoms. The summed E-state index contributed by atoms with van der Waals surface area (Å²) >= 11 is 0. The summed E-state index contributed by atoms with van der Waals surface area (Å²) in [7, 11) is 2.01. The number of rotatable bonds is 6. The number of phenolic OH excluding ortho intramolecular Hbond substituents is 1. The minimum Gasteiger partial charge on any atom is -0.507 e. The van der Waals surface area contributed by atoms with E-state index in [1.165, 1.54) is 0 Å². The van der Waals surface area contributed by atoms with E-state index >= 15 is 0 Å². The third-order valence-corrected chi connectivity index (χ3v) is 8.16. The van der Waals surface area contributed by atoms with Crippen LogP contribution < -0.4 is 11.1 Å². The van der Waals surface area contributed by atoms with Gasteiger partial charge in [-0.1, -0.05) is 12.1 Å². The fraction of sp³-hybridized carbons (Fsp3) is 0.235.